The highest BCUT2D eigenvalue weighted by Crippen LogP contribution is 2.12. The molecule has 9 N–H and O–H groups in total. The number of primary amides is 1. The van der Waals surface area contributed by atoms with Crippen molar-refractivity contribution < 1.29 is 72.3 Å². The van der Waals surface area contributed by atoms with Crippen molar-refractivity contribution in [1.29, 1.82) is 0 Å². The number of nitrogens with zero attached hydrogens (tertiary/aromatic N) is 1. The summed E-state index contributed by atoms with van der Waals surface area (Å²) >= 11 is 0. The zero-order valence-electron chi connectivity index (χ0n) is 34.9. The Labute approximate surface area is 359 Å². The number of rotatable bonds is 36. The van der Waals surface area contributed by atoms with Crippen molar-refractivity contribution in [2.75, 3.05) is 92.2 Å². The standard InChI is InChI=1S/C40H61N7O15/c41-40(57)44-15-4-2-6-34(50)45-31(38(54)46-32(39(55)56)27-29-7-9-30(48)10-8-29)5-1-3-14-42-33(49)13-17-58-19-21-60-23-25-62-26-24-61-22-20-59-18-16-43-35(51)28-47-36(52)11-12-37(47)53/h7-12,31-32,48H,1-6,13-28H2,(H,42,49)(H,43,51)(H,45,50)(H,46,54)(H,55,56)(H3,41,44,57)/t31-,32-/m0/s1. The molecule has 22 nitrogen and oxygen atoms in total. The lowest BCUT2D eigenvalue weighted by Gasteiger charge is -2.22. The van der Waals surface area contributed by atoms with Crippen molar-refractivity contribution in [3.63, 3.8) is 0 Å². The fourth-order valence-electron chi connectivity index (χ4n) is 5.48. The van der Waals surface area contributed by atoms with Gasteiger partial charge in [-0.2, -0.15) is 0 Å². The van der Waals surface area contributed by atoms with Crippen molar-refractivity contribution in [2.45, 2.75) is 63.5 Å². The maximum Gasteiger partial charge on any atom is 0.326 e. The van der Waals surface area contributed by atoms with Gasteiger partial charge in [0.15, 0.2) is 0 Å². The van der Waals surface area contributed by atoms with Crippen LogP contribution in [0, 0.1) is 0 Å². The summed E-state index contributed by atoms with van der Waals surface area (Å²) in [5.74, 6) is -4.07. The summed E-state index contributed by atoms with van der Waals surface area (Å²) < 4.78 is 27.1. The molecule has 1 heterocycles. The Kier molecular flexibility index (Phi) is 27.2. The quantitative estimate of drug-likeness (QED) is 0.0285. The van der Waals surface area contributed by atoms with Crippen molar-refractivity contribution in [2.24, 2.45) is 5.73 Å². The fraction of sp³-hybridized carbons (Fsp3) is 0.600. The summed E-state index contributed by atoms with van der Waals surface area (Å²) in [5, 5.41) is 32.2. The molecule has 0 saturated heterocycles. The summed E-state index contributed by atoms with van der Waals surface area (Å²) in [6, 6.07) is 2.92. The highest BCUT2D eigenvalue weighted by atomic mass is 16.6. The first-order chi connectivity index (χ1) is 29.8. The molecule has 0 spiro atoms. The van der Waals surface area contributed by atoms with Crippen LogP contribution in [0.1, 0.15) is 50.5 Å². The second-order valence-corrected chi connectivity index (χ2v) is 13.7. The normalized spacial score (nSPS) is 13.1. The molecule has 0 bridgehead atoms. The lowest BCUT2D eigenvalue weighted by atomic mass is 10.0. The third-order valence-electron chi connectivity index (χ3n) is 8.75. The SMILES string of the molecule is NC(=O)NCCCCC(=O)N[C@@H](CCCCNC(=O)CCOCCOCCOCCOCCOCCNC(=O)CN1C(=O)C=CC1=O)C(=O)N[C@@H](Cc1ccc(O)cc1)C(=O)O. The Hall–Kier alpha value is -5.68. The van der Waals surface area contributed by atoms with Gasteiger partial charge < -0.3 is 66.2 Å². The summed E-state index contributed by atoms with van der Waals surface area (Å²) in [5.41, 5.74) is 5.62. The van der Waals surface area contributed by atoms with E-state index in [1.54, 1.807) is 12.1 Å². The van der Waals surface area contributed by atoms with E-state index < -0.39 is 53.6 Å². The van der Waals surface area contributed by atoms with E-state index in [4.69, 9.17) is 29.4 Å². The number of carboxylic acids is 1. The van der Waals surface area contributed by atoms with E-state index >= 15 is 0 Å². The number of nitrogens with two attached hydrogens (primary N) is 1. The van der Waals surface area contributed by atoms with Crippen molar-refractivity contribution in [1.82, 2.24) is 31.5 Å². The number of carboxylic acid groups (broad SMARTS) is 1. The summed E-state index contributed by atoms with van der Waals surface area (Å²) in [7, 11) is 0. The van der Waals surface area contributed by atoms with E-state index in [1.807, 2.05) is 0 Å². The van der Waals surface area contributed by atoms with Gasteiger partial charge in [-0.25, -0.2) is 9.59 Å². The lowest BCUT2D eigenvalue weighted by Crippen LogP contribution is -2.52. The molecular weight excluding hydrogens is 818 g/mol. The summed E-state index contributed by atoms with van der Waals surface area (Å²) in [6.45, 7) is 3.56. The van der Waals surface area contributed by atoms with Gasteiger partial charge in [0, 0.05) is 51.0 Å². The average Bonchev–Trinajstić information content (AvgIpc) is 3.54. The number of aliphatic carboxylic acids is 1. The van der Waals surface area contributed by atoms with Crippen LogP contribution in [0.2, 0.25) is 0 Å². The minimum atomic E-state index is -1.29. The van der Waals surface area contributed by atoms with E-state index in [1.165, 1.54) is 12.1 Å². The zero-order valence-corrected chi connectivity index (χ0v) is 34.9. The van der Waals surface area contributed by atoms with Crippen LogP contribution in [-0.4, -0.2) is 167 Å². The molecular formula is C40H61N7O15. The second kappa shape index (κ2) is 32.1. The molecule has 0 fully saturated rings. The van der Waals surface area contributed by atoms with E-state index in [9.17, 15) is 48.6 Å². The van der Waals surface area contributed by atoms with Crippen molar-refractivity contribution in [3.05, 3.63) is 42.0 Å². The molecule has 0 aromatic heterocycles. The number of carbonyl (C=O) groups excluding carboxylic acids is 7. The van der Waals surface area contributed by atoms with Crippen LogP contribution in [0.4, 0.5) is 4.79 Å². The minimum Gasteiger partial charge on any atom is -0.508 e. The van der Waals surface area contributed by atoms with Crippen molar-refractivity contribution in [3.8, 4) is 5.75 Å². The number of phenolic OH excluding ortho intramolecular Hbond substituents is 1. The van der Waals surface area contributed by atoms with Gasteiger partial charge in [0.05, 0.1) is 66.1 Å². The van der Waals surface area contributed by atoms with Crippen molar-refractivity contribution >= 4 is 47.4 Å². The molecule has 0 saturated carbocycles. The van der Waals surface area contributed by atoms with Crippen LogP contribution >= 0.6 is 0 Å². The molecule has 22 heteroatoms. The van der Waals surface area contributed by atoms with Crippen LogP contribution in [0.3, 0.4) is 0 Å². The van der Waals surface area contributed by atoms with Crippen LogP contribution in [0.15, 0.2) is 36.4 Å². The molecule has 346 valence electrons. The number of unbranched alkanes of at least 4 members (excludes halogenated alkanes) is 2. The lowest BCUT2D eigenvalue weighted by molar-refractivity contribution is -0.142. The Morgan fingerprint density at radius 3 is 1.71 bits per heavy atom. The maximum absolute atomic E-state index is 13.2. The number of carbonyl (C=O) groups is 8. The Balaban J connectivity index is 1.50. The molecule has 1 aromatic rings. The fourth-order valence-corrected chi connectivity index (χ4v) is 5.48. The number of hydrogen-bond donors (Lipinski definition) is 8. The number of phenols is 1. The monoisotopic (exact) mass is 879 g/mol. The Bertz CT molecular complexity index is 1580. The van der Waals surface area contributed by atoms with Gasteiger partial charge in [-0.1, -0.05) is 12.1 Å². The molecule has 1 aliphatic rings. The average molecular weight is 880 g/mol. The zero-order chi connectivity index (χ0) is 45.4. The van der Waals surface area contributed by atoms with E-state index in [2.05, 4.69) is 26.6 Å². The molecule has 1 aliphatic heterocycles. The first-order valence-corrected chi connectivity index (χ1v) is 20.4. The number of amides is 8. The van der Waals surface area contributed by atoms with Gasteiger partial charge in [0.2, 0.25) is 23.6 Å². The van der Waals surface area contributed by atoms with Gasteiger partial charge in [-0.05, 0) is 49.8 Å². The highest BCUT2D eigenvalue weighted by molar-refractivity contribution is 6.14. The first-order valence-electron chi connectivity index (χ1n) is 20.4. The van der Waals surface area contributed by atoms with Gasteiger partial charge in [-0.3, -0.25) is 33.7 Å². The Morgan fingerprint density at radius 1 is 0.597 bits per heavy atom. The number of benzene rings is 1. The Morgan fingerprint density at radius 2 is 1.13 bits per heavy atom. The van der Waals surface area contributed by atoms with Gasteiger partial charge in [0.1, 0.15) is 24.4 Å². The van der Waals surface area contributed by atoms with Crippen LogP contribution in [0.5, 0.6) is 5.75 Å². The predicted molar refractivity (Wildman–Crippen MR) is 219 cm³/mol. The van der Waals surface area contributed by atoms with E-state index in [0.29, 0.717) is 84.0 Å². The smallest absolute Gasteiger partial charge is 0.326 e. The summed E-state index contributed by atoms with van der Waals surface area (Å²) in [4.78, 5) is 96.6. The van der Waals surface area contributed by atoms with Gasteiger partial charge >= 0.3 is 12.0 Å². The number of hydrogen-bond acceptors (Lipinski definition) is 14. The molecule has 0 aliphatic carbocycles. The topological polar surface area (TPSA) is 313 Å². The number of nitrogens with one attached hydrogen (secondary N) is 5. The number of ether oxygens (including phenoxy) is 5. The molecule has 0 unspecified atom stereocenters. The number of aromatic hydroxyl groups is 1. The minimum absolute atomic E-state index is 0.0137. The number of urea groups is 1. The van der Waals surface area contributed by atoms with E-state index in [-0.39, 0.29) is 76.8 Å². The molecule has 1 aromatic carbocycles. The first kappa shape index (κ1) is 52.5. The van der Waals surface area contributed by atoms with Crippen LogP contribution < -0.4 is 32.3 Å². The predicted octanol–water partition coefficient (Wildman–Crippen LogP) is -1.37. The van der Waals surface area contributed by atoms with Crippen LogP contribution in [-0.2, 0) is 63.7 Å². The third-order valence-corrected chi connectivity index (χ3v) is 8.75. The largest absolute Gasteiger partial charge is 0.508 e. The molecule has 2 atom stereocenters. The summed E-state index contributed by atoms with van der Waals surface area (Å²) in [6.07, 6.45) is 4.37. The van der Waals surface area contributed by atoms with E-state index in [0.717, 1.165) is 17.1 Å². The third kappa shape index (κ3) is 25.2. The molecule has 0 radical (unpaired) electrons. The molecule has 2 rings (SSSR count). The van der Waals surface area contributed by atoms with Gasteiger partial charge in [-0.15, -0.1) is 0 Å². The van der Waals surface area contributed by atoms with Crippen LogP contribution in [0.25, 0.3) is 0 Å². The maximum atomic E-state index is 13.2. The highest BCUT2D eigenvalue weighted by Gasteiger charge is 2.27. The molecule has 8 amide bonds. The van der Waals surface area contributed by atoms with Gasteiger partial charge in [0.25, 0.3) is 11.8 Å². The second-order valence-electron chi connectivity index (χ2n) is 13.7. The molecule has 62 heavy (non-hydrogen) atoms. The number of imide groups is 1.